The van der Waals surface area contributed by atoms with Gasteiger partial charge in [-0.2, -0.15) is 0 Å². The maximum Gasteiger partial charge on any atom is 0.123 e. The van der Waals surface area contributed by atoms with Crippen molar-refractivity contribution in [3.63, 3.8) is 0 Å². The SMILES string of the molecule is COc1ccccc1C(Cl)Cc1cccc2ccccc12. The van der Waals surface area contributed by atoms with E-state index < -0.39 is 0 Å². The highest BCUT2D eigenvalue weighted by molar-refractivity contribution is 6.21. The van der Waals surface area contributed by atoms with Gasteiger partial charge >= 0.3 is 0 Å². The zero-order valence-corrected chi connectivity index (χ0v) is 12.7. The van der Waals surface area contributed by atoms with Crippen molar-refractivity contribution in [1.29, 1.82) is 0 Å². The standard InChI is InChI=1S/C19H17ClO/c1-21-19-12-5-4-11-17(19)18(20)13-15-9-6-8-14-7-2-3-10-16(14)15/h2-12,18H,13H2,1H3. The number of ether oxygens (including phenoxy) is 1. The lowest BCUT2D eigenvalue weighted by molar-refractivity contribution is 0.409. The van der Waals surface area contributed by atoms with Gasteiger partial charge in [0, 0.05) is 5.56 Å². The lowest BCUT2D eigenvalue weighted by Crippen LogP contribution is -1.99. The molecule has 0 aliphatic heterocycles. The Morgan fingerprint density at radius 1 is 0.905 bits per heavy atom. The Labute approximate surface area is 130 Å². The summed E-state index contributed by atoms with van der Waals surface area (Å²) in [6.45, 7) is 0. The predicted octanol–water partition coefficient (Wildman–Crippen LogP) is 5.37. The molecule has 0 aliphatic carbocycles. The smallest absolute Gasteiger partial charge is 0.123 e. The molecule has 3 aromatic rings. The highest BCUT2D eigenvalue weighted by Gasteiger charge is 2.14. The summed E-state index contributed by atoms with van der Waals surface area (Å²) in [5, 5.41) is 2.41. The average Bonchev–Trinajstić information content (AvgIpc) is 2.55. The normalized spacial score (nSPS) is 12.3. The molecule has 0 amide bonds. The van der Waals surface area contributed by atoms with E-state index in [2.05, 4.69) is 42.5 Å². The van der Waals surface area contributed by atoms with Gasteiger partial charge in [-0.1, -0.05) is 60.7 Å². The Morgan fingerprint density at radius 3 is 2.48 bits per heavy atom. The number of fused-ring (bicyclic) bond motifs is 1. The summed E-state index contributed by atoms with van der Waals surface area (Å²) in [5.74, 6) is 0.845. The van der Waals surface area contributed by atoms with Gasteiger partial charge in [0.25, 0.3) is 0 Å². The molecular weight excluding hydrogens is 280 g/mol. The van der Waals surface area contributed by atoms with Crippen molar-refractivity contribution < 1.29 is 4.74 Å². The minimum absolute atomic E-state index is 0.105. The van der Waals surface area contributed by atoms with E-state index in [1.54, 1.807) is 7.11 Å². The van der Waals surface area contributed by atoms with E-state index in [4.69, 9.17) is 16.3 Å². The van der Waals surface area contributed by atoms with Gasteiger partial charge in [-0.05, 0) is 28.8 Å². The molecule has 0 saturated carbocycles. The molecule has 0 spiro atoms. The Bertz CT molecular complexity index is 746. The molecule has 0 saturated heterocycles. The molecule has 0 radical (unpaired) electrons. The molecule has 0 aliphatic rings. The van der Waals surface area contributed by atoms with Crippen LogP contribution < -0.4 is 4.74 Å². The first-order valence-electron chi connectivity index (χ1n) is 7.03. The lowest BCUT2D eigenvalue weighted by atomic mass is 9.98. The van der Waals surface area contributed by atoms with E-state index >= 15 is 0 Å². The Balaban J connectivity index is 1.95. The number of hydrogen-bond donors (Lipinski definition) is 0. The number of rotatable bonds is 4. The molecule has 21 heavy (non-hydrogen) atoms. The molecule has 2 heteroatoms. The molecule has 0 bridgehead atoms. The summed E-state index contributed by atoms with van der Waals surface area (Å²) in [7, 11) is 1.68. The number of benzene rings is 3. The summed E-state index contributed by atoms with van der Waals surface area (Å²) < 4.78 is 5.41. The first-order chi connectivity index (χ1) is 10.3. The highest BCUT2D eigenvalue weighted by Crippen LogP contribution is 2.33. The molecule has 1 atom stereocenters. The van der Waals surface area contributed by atoms with Crippen LogP contribution in [0.2, 0.25) is 0 Å². The summed E-state index contributed by atoms with van der Waals surface area (Å²) >= 11 is 6.65. The molecular formula is C19H17ClO. The van der Waals surface area contributed by atoms with Crippen LogP contribution in [0.15, 0.2) is 66.7 Å². The topological polar surface area (TPSA) is 9.23 Å². The first-order valence-corrected chi connectivity index (χ1v) is 7.47. The Hall–Kier alpha value is -1.99. The zero-order chi connectivity index (χ0) is 14.7. The van der Waals surface area contributed by atoms with Crippen LogP contribution in [0.4, 0.5) is 0 Å². The van der Waals surface area contributed by atoms with Crippen molar-refractivity contribution in [3.8, 4) is 5.75 Å². The van der Waals surface area contributed by atoms with E-state index in [1.165, 1.54) is 16.3 Å². The molecule has 3 rings (SSSR count). The molecule has 0 aromatic heterocycles. The van der Waals surface area contributed by atoms with Crippen LogP contribution in [0, 0.1) is 0 Å². The highest BCUT2D eigenvalue weighted by atomic mass is 35.5. The summed E-state index contributed by atoms with van der Waals surface area (Å²) in [5.41, 5.74) is 2.30. The van der Waals surface area contributed by atoms with Gasteiger partial charge in [-0.25, -0.2) is 0 Å². The van der Waals surface area contributed by atoms with Crippen LogP contribution in [-0.2, 0) is 6.42 Å². The third-order valence-corrected chi connectivity index (χ3v) is 4.14. The quantitative estimate of drug-likeness (QED) is 0.588. The Morgan fingerprint density at radius 2 is 1.62 bits per heavy atom. The second-order valence-corrected chi connectivity index (χ2v) is 5.58. The van der Waals surface area contributed by atoms with Crippen molar-refractivity contribution in [2.45, 2.75) is 11.8 Å². The second kappa shape index (κ2) is 6.19. The summed E-state index contributed by atoms with van der Waals surface area (Å²) in [6, 6.07) is 22.7. The van der Waals surface area contributed by atoms with Crippen LogP contribution in [0.3, 0.4) is 0 Å². The fourth-order valence-corrected chi connectivity index (χ4v) is 3.05. The monoisotopic (exact) mass is 296 g/mol. The van der Waals surface area contributed by atoms with Crippen molar-refractivity contribution in [2.75, 3.05) is 7.11 Å². The van der Waals surface area contributed by atoms with Gasteiger partial charge in [0.05, 0.1) is 12.5 Å². The predicted molar refractivity (Wildman–Crippen MR) is 89.2 cm³/mol. The molecule has 0 fully saturated rings. The second-order valence-electron chi connectivity index (χ2n) is 5.05. The van der Waals surface area contributed by atoms with Crippen molar-refractivity contribution in [3.05, 3.63) is 77.9 Å². The van der Waals surface area contributed by atoms with Gasteiger partial charge < -0.3 is 4.74 Å². The molecule has 0 heterocycles. The van der Waals surface area contributed by atoms with Crippen LogP contribution in [-0.4, -0.2) is 7.11 Å². The third kappa shape index (κ3) is 2.88. The molecule has 1 unspecified atom stereocenters. The number of alkyl halides is 1. The van der Waals surface area contributed by atoms with Crippen LogP contribution in [0.25, 0.3) is 10.8 Å². The lowest BCUT2D eigenvalue weighted by Gasteiger charge is -2.15. The van der Waals surface area contributed by atoms with Crippen LogP contribution in [0.1, 0.15) is 16.5 Å². The Kier molecular flexibility index (Phi) is 4.12. The van der Waals surface area contributed by atoms with Gasteiger partial charge in [0.2, 0.25) is 0 Å². The van der Waals surface area contributed by atoms with Gasteiger partial charge in [0.1, 0.15) is 5.75 Å². The van der Waals surface area contributed by atoms with E-state index in [-0.39, 0.29) is 5.38 Å². The van der Waals surface area contributed by atoms with Crippen molar-refractivity contribution >= 4 is 22.4 Å². The molecule has 3 aromatic carbocycles. The maximum atomic E-state index is 6.65. The summed E-state index contributed by atoms with van der Waals surface area (Å²) in [6.07, 6.45) is 0.781. The minimum Gasteiger partial charge on any atom is -0.496 e. The van der Waals surface area contributed by atoms with E-state index in [1.807, 2.05) is 24.3 Å². The average molecular weight is 297 g/mol. The first kappa shape index (κ1) is 14.0. The van der Waals surface area contributed by atoms with Gasteiger partial charge in [-0.15, -0.1) is 11.6 Å². The fourth-order valence-electron chi connectivity index (χ4n) is 2.70. The molecule has 106 valence electrons. The molecule has 1 nitrogen and oxygen atoms in total. The van der Waals surface area contributed by atoms with Gasteiger partial charge in [0.15, 0.2) is 0 Å². The van der Waals surface area contributed by atoms with E-state index in [0.29, 0.717) is 0 Å². The van der Waals surface area contributed by atoms with Crippen molar-refractivity contribution in [2.24, 2.45) is 0 Å². The van der Waals surface area contributed by atoms with Crippen LogP contribution in [0.5, 0.6) is 5.75 Å². The largest absolute Gasteiger partial charge is 0.496 e. The van der Waals surface area contributed by atoms with E-state index in [0.717, 1.165) is 17.7 Å². The fraction of sp³-hybridized carbons (Fsp3) is 0.158. The number of para-hydroxylation sites is 1. The number of hydrogen-bond acceptors (Lipinski definition) is 1. The summed E-state index contributed by atoms with van der Waals surface area (Å²) in [4.78, 5) is 0. The number of methoxy groups -OCH3 is 1. The van der Waals surface area contributed by atoms with Crippen LogP contribution >= 0.6 is 11.6 Å². The zero-order valence-electron chi connectivity index (χ0n) is 11.9. The maximum absolute atomic E-state index is 6.65. The van der Waals surface area contributed by atoms with E-state index in [9.17, 15) is 0 Å². The minimum atomic E-state index is -0.105. The van der Waals surface area contributed by atoms with Crippen molar-refractivity contribution in [1.82, 2.24) is 0 Å². The number of halogens is 1. The molecule has 0 N–H and O–H groups in total. The third-order valence-electron chi connectivity index (χ3n) is 3.76. The van der Waals surface area contributed by atoms with Gasteiger partial charge in [-0.3, -0.25) is 0 Å².